The maximum atomic E-state index is 12.1. The minimum absolute atomic E-state index is 0.163. The highest BCUT2D eigenvalue weighted by atomic mass is 35.5. The highest BCUT2D eigenvalue weighted by molar-refractivity contribution is 6.31. The summed E-state index contributed by atoms with van der Waals surface area (Å²) in [6.45, 7) is 1.64. The lowest BCUT2D eigenvalue weighted by atomic mass is 9.98. The first-order valence-corrected chi connectivity index (χ1v) is 7.19. The van der Waals surface area contributed by atoms with Crippen LogP contribution in [-0.2, 0) is 11.2 Å². The summed E-state index contributed by atoms with van der Waals surface area (Å²) in [7, 11) is 0. The van der Waals surface area contributed by atoms with Gasteiger partial charge in [0.25, 0.3) is 0 Å². The van der Waals surface area contributed by atoms with Crippen molar-refractivity contribution in [3.8, 4) is 0 Å². The summed E-state index contributed by atoms with van der Waals surface area (Å²) in [5, 5.41) is 0.668. The van der Waals surface area contributed by atoms with E-state index in [1.165, 1.54) is 0 Å². The highest BCUT2D eigenvalue weighted by Crippen LogP contribution is 2.21. The Balaban J connectivity index is 1.91. The largest absolute Gasteiger partial charge is 0.342 e. The van der Waals surface area contributed by atoms with E-state index in [1.54, 1.807) is 0 Å². The molecule has 0 spiro atoms. The number of hydrogen-bond acceptors (Lipinski definition) is 1. The third kappa shape index (κ3) is 3.39. The number of nitrogens with zero attached hydrogens (tertiary/aromatic N) is 1. The van der Waals surface area contributed by atoms with Gasteiger partial charge in [0.2, 0.25) is 5.91 Å². The number of carbonyl (C=O) groups excluding carboxylic acids is 1. The van der Waals surface area contributed by atoms with E-state index in [1.807, 2.05) is 29.2 Å². The van der Waals surface area contributed by atoms with Crippen LogP contribution in [0.15, 0.2) is 24.3 Å². The Morgan fingerprint density at radius 3 is 2.56 bits per heavy atom. The first-order chi connectivity index (χ1) is 8.70. The van der Waals surface area contributed by atoms with Gasteiger partial charge in [-0.05, 0) is 30.4 Å². The molecule has 1 heterocycles. The fraction of sp³-hybridized carbons (Fsp3) is 0.500. The molecule has 1 fully saturated rings. The molecule has 2 nitrogen and oxygen atoms in total. The van der Waals surface area contributed by atoms with Crippen LogP contribution in [0.2, 0.25) is 5.02 Å². The molecule has 0 saturated carbocycles. The van der Waals surface area contributed by atoms with Crippen LogP contribution in [0.25, 0.3) is 0 Å². The van der Waals surface area contributed by atoms with Crippen molar-refractivity contribution in [3.63, 3.8) is 0 Å². The van der Waals surface area contributed by atoms with Crippen molar-refractivity contribution >= 4 is 29.1 Å². The van der Waals surface area contributed by atoms with Gasteiger partial charge in [-0.1, -0.05) is 29.8 Å². The van der Waals surface area contributed by atoms with E-state index in [-0.39, 0.29) is 5.91 Å². The molecule has 1 aliphatic heterocycles. The molecule has 18 heavy (non-hydrogen) atoms. The Morgan fingerprint density at radius 1 is 1.28 bits per heavy atom. The number of alkyl halides is 1. The van der Waals surface area contributed by atoms with Crippen molar-refractivity contribution in [2.24, 2.45) is 5.92 Å². The normalized spacial score (nSPS) is 16.9. The third-order valence-electron chi connectivity index (χ3n) is 3.48. The molecule has 0 aromatic heterocycles. The molecule has 0 atom stereocenters. The minimum Gasteiger partial charge on any atom is -0.342 e. The summed E-state index contributed by atoms with van der Waals surface area (Å²) in [6.07, 6.45) is 2.42. The number of hydrogen-bond donors (Lipinski definition) is 0. The lowest BCUT2D eigenvalue weighted by Gasteiger charge is -2.31. The van der Waals surface area contributed by atoms with Crippen molar-refractivity contribution in [1.82, 2.24) is 4.90 Å². The van der Waals surface area contributed by atoms with Crippen LogP contribution in [-0.4, -0.2) is 29.8 Å². The van der Waals surface area contributed by atoms with Gasteiger partial charge in [0.1, 0.15) is 0 Å². The predicted molar refractivity (Wildman–Crippen MR) is 75.2 cm³/mol. The van der Waals surface area contributed by atoms with Crippen LogP contribution in [0.5, 0.6) is 0 Å². The fourth-order valence-electron chi connectivity index (χ4n) is 2.25. The van der Waals surface area contributed by atoms with Gasteiger partial charge in [-0.2, -0.15) is 0 Å². The lowest BCUT2D eigenvalue weighted by molar-refractivity contribution is -0.131. The zero-order chi connectivity index (χ0) is 13.0. The van der Waals surface area contributed by atoms with Crippen LogP contribution < -0.4 is 0 Å². The second-order valence-electron chi connectivity index (χ2n) is 4.75. The molecule has 1 aliphatic rings. The Hall–Kier alpha value is -0.730. The number of rotatable bonds is 3. The number of likely N-dealkylation sites (tertiary alicyclic amines) is 1. The van der Waals surface area contributed by atoms with E-state index < -0.39 is 0 Å². The average molecular weight is 286 g/mol. The molecule has 0 bridgehead atoms. The summed E-state index contributed by atoms with van der Waals surface area (Å²) in [5.41, 5.74) is 0.906. The number of benzene rings is 1. The molecule has 1 aromatic carbocycles. The summed E-state index contributed by atoms with van der Waals surface area (Å²) in [5.74, 6) is 1.43. The van der Waals surface area contributed by atoms with Crippen LogP contribution in [0.3, 0.4) is 0 Å². The fourth-order valence-corrected chi connectivity index (χ4v) is 2.76. The van der Waals surface area contributed by atoms with Crippen molar-refractivity contribution < 1.29 is 4.79 Å². The molecule has 0 radical (unpaired) electrons. The van der Waals surface area contributed by atoms with E-state index in [9.17, 15) is 4.79 Å². The lowest BCUT2D eigenvalue weighted by Crippen LogP contribution is -2.39. The van der Waals surface area contributed by atoms with Crippen LogP contribution in [0.1, 0.15) is 18.4 Å². The highest BCUT2D eigenvalue weighted by Gasteiger charge is 2.22. The molecule has 0 aliphatic carbocycles. The molecule has 4 heteroatoms. The van der Waals surface area contributed by atoms with Crippen molar-refractivity contribution in [3.05, 3.63) is 34.9 Å². The van der Waals surface area contributed by atoms with Gasteiger partial charge >= 0.3 is 0 Å². The maximum Gasteiger partial charge on any atom is 0.227 e. The summed E-state index contributed by atoms with van der Waals surface area (Å²) >= 11 is 11.9. The van der Waals surface area contributed by atoms with E-state index >= 15 is 0 Å². The van der Waals surface area contributed by atoms with Crippen molar-refractivity contribution in [1.29, 1.82) is 0 Å². The standard InChI is InChI=1S/C14H17Cl2NO/c15-10-11-5-7-17(8-6-11)14(18)9-12-3-1-2-4-13(12)16/h1-4,11H,5-10H2. The molecule has 0 N–H and O–H groups in total. The van der Waals surface area contributed by atoms with E-state index in [0.29, 0.717) is 23.2 Å². The van der Waals surface area contributed by atoms with Crippen LogP contribution >= 0.6 is 23.2 Å². The third-order valence-corrected chi connectivity index (χ3v) is 4.29. The quantitative estimate of drug-likeness (QED) is 0.780. The monoisotopic (exact) mass is 285 g/mol. The topological polar surface area (TPSA) is 20.3 Å². The smallest absolute Gasteiger partial charge is 0.227 e. The number of halogens is 2. The molecule has 2 rings (SSSR count). The average Bonchev–Trinajstić information content (AvgIpc) is 2.41. The van der Waals surface area contributed by atoms with E-state index in [2.05, 4.69) is 0 Å². The van der Waals surface area contributed by atoms with Gasteiger partial charge in [0, 0.05) is 24.0 Å². The van der Waals surface area contributed by atoms with Crippen molar-refractivity contribution in [2.45, 2.75) is 19.3 Å². The van der Waals surface area contributed by atoms with E-state index in [0.717, 1.165) is 31.5 Å². The van der Waals surface area contributed by atoms with Gasteiger partial charge in [0.15, 0.2) is 0 Å². The molecular weight excluding hydrogens is 269 g/mol. The molecule has 1 aromatic rings. The number of carbonyl (C=O) groups is 1. The first-order valence-electron chi connectivity index (χ1n) is 6.28. The van der Waals surface area contributed by atoms with E-state index in [4.69, 9.17) is 23.2 Å². The number of piperidine rings is 1. The SMILES string of the molecule is O=C(Cc1ccccc1Cl)N1CCC(CCl)CC1. The molecule has 1 amide bonds. The Morgan fingerprint density at radius 2 is 1.94 bits per heavy atom. The van der Waals surface area contributed by atoms with Crippen LogP contribution in [0.4, 0.5) is 0 Å². The van der Waals surface area contributed by atoms with Crippen LogP contribution in [0, 0.1) is 5.92 Å². The van der Waals surface area contributed by atoms with Gasteiger partial charge in [0.05, 0.1) is 6.42 Å². The second kappa shape index (κ2) is 6.44. The predicted octanol–water partition coefficient (Wildman–Crippen LogP) is 3.36. The van der Waals surface area contributed by atoms with Gasteiger partial charge < -0.3 is 4.90 Å². The zero-order valence-corrected chi connectivity index (χ0v) is 11.8. The molecule has 98 valence electrons. The number of amides is 1. The maximum absolute atomic E-state index is 12.1. The summed E-state index contributed by atoms with van der Waals surface area (Å²) < 4.78 is 0. The first kappa shape index (κ1) is 13.7. The Labute approximate surface area is 118 Å². The molecule has 1 saturated heterocycles. The summed E-state index contributed by atoms with van der Waals surface area (Å²) in [4.78, 5) is 14.1. The van der Waals surface area contributed by atoms with Crippen molar-refractivity contribution in [2.75, 3.05) is 19.0 Å². The Bertz CT molecular complexity index is 414. The van der Waals surface area contributed by atoms with Gasteiger partial charge in [-0.3, -0.25) is 4.79 Å². The zero-order valence-electron chi connectivity index (χ0n) is 10.2. The minimum atomic E-state index is 0.163. The Kier molecular flexibility index (Phi) is 4.90. The van der Waals surface area contributed by atoms with Gasteiger partial charge in [-0.15, -0.1) is 11.6 Å². The summed E-state index contributed by atoms with van der Waals surface area (Å²) in [6, 6.07) is 7.52. The second-order valence-corrected chi connectivity index (χ2v) is 5.46. The van der Waals surface area contributed by atoms with Gasteiger partial charge in [-0.25, -0.2) is 0 Å². The molecular formula is C14H17Cl2NO. The molecule has 0 unspecified atom stereocenters.